The summed E-state index contributed by atoms with van der Waals surface area (Å²) in [4.78, 5) is 15.7. The number of urea groups is 1. The number of alkyl halides is 5. The molecule has 2 amide bonds. The molecule has 0 aliphatic rings. The monoisotopic (exact) mass is 391 g/mol. The highest BCUT2D eigenvalue weighted by Gasteiger charge is 2.34. The number of hydrogen-bond acceptors (Lipinski definition) is 2. The molecule has 1 unspecified atom stereocenters. The third-order valence-electron chi connectivity index (χ3n) is 3.33. The topological polar surface area (TPSA) is 54.0 Å². The highest BCUT2D eigenvalue weighted by molar-refractivity contribution is 7.17. The zero-order valence-electron chi connectivity index (χ0n) is 13.3. The molecule has 10 heteroatoms. The van der Waals surface area contributed by atoms with E-state index < -0.39 is 29.0 Å². The predicted molar refractivity (Wildman–Crippen MR) is 90.0 cm³/mol. The average molecular weight is 391 g/mol. The Morgan fingerprint density at radius 3 is 2.38 bits per heavy atom. The minimum absolute atomic E-state index is 0.198. The minimum Gasteiger partial charge on any atom is -0.338 e. The molecule has 1 aromatic heterocycles. The van der Waals surface area contributed by atoms with Crippen molar-refractivity contribution in [3.63, 3.8) is 0 Å². The molecule has 0 bridgehead atoms. The van der Waals surface area contributed by atoms with Crippen LogP contribution in [0.1, 0.15) is 16.7 Å². The summed E-state index contributed by atoms with van der Waals surface area (Å²) in [6, 6.07) is 4.46. The highest BCUT2D eigenvalue weighted by atomic mass is 31.0. The maximum absolute atomic E-state index is 13.4. The maximum atomic E-state index is 13.4. The van der Waals surface area contributed by atoms with E-state index in [1.165, 1.54) is 9.24 Å². The van der Waals surface area contributed by atoms with Crippen molar-refractivity contribution in [3.05, 3.63) is 59.4 Å². The van der Waals surface area contributed by atoms with Gasteiger partial charge in [0.25, 0.3) is 5.66 Å². The first kappa shape index (κ1) is 20.0. The molecule has 2 rings (SSSR count). The van der Waals surface area contributed by atoms with E-state index in [0.29, 0.717) is 18.6 Å². The summed E-state index contributed by atoms with van der Waals surface area (Å²) in [5.41, 5.74) is -5.23. The summed E-state index contributed by atoms with van der Waals surface area (Å²) in [5, 5.41) is 4.59. The molecule has 0 aliphatic carbocycles. The van der Waals surface area contributed by atoms with Crippen LogP contribution in [0.2, 0.25) is 0 Å². The average Bonchev–Trinajstić information content (AvgIpc) is 2.54. The van der Waals surface area contributed by atoms with E-state index in [-0.39, 0.29) is 12.2 Å². The standard InChI is InChI=1S/C16H15F5N3OP/c17-15(18,19)11-6-12(16(20,21)26)8-13(7-11)24-14(25)23-5-3-10-2-1-4-22-9-10/h1-2,4,6-9H,3,5,26H2,(H2,23,24,25). The fourth-order valence-corrected chi connectivity index (χ4v) is 2.26. The number of anilines is 1. The quantitative estimate of drug-likeness (QED) is 0.587. The van der Waals surface area contributed by atoms with Gasteiger partial charge < -0.3 is 10.6 Å². The number of rotatable bonds is 5. The largest absolute Gasteiger partial charge is 0.416 e. The lowest BCUT2D eigenvalue weighted by atomic mass is 10.1. The Kier molecular flexibility index (Phi) is 6.13. The molecular weight excluding hydrogens is 376 g/mol. The Hall–Kier alpha value is -2.28. The van der Waals surface area contributed by atoms with Gasteiger partial charge in [0, 0.05) is 30.2 Å². The van der Waals surface area contributed by atoms with Crippen LogP contribution in [0.4, 0.5) is 32.4 Å². The van der Waals surface area contributed by atoms with Gasteiger partial charge >= 0.3 is 12.2 Å². The van der Waals surface area contributed by atoms with Gasteiger partial charge in [-0.05, 0) is 36.2 Å². The number of carbonyl (C=O) groups excluding carboxylic acids is 1. The summed E-state index contributed by atoms with van der Waals surface area (Å²) < 4.78 is 65.4. The molecule has 2 N–H and O–H groups in total. The van der Waals surface area contributed by atoms with Gasteiger partial charge in [0.05, 0.1) is 5.56 Å². The van der Waals surface area contributed by atoms with Crippen molar-refractivity contribution in [2.75, 3.05) is 11.9 Å². The van der Waals surface area contributed by atoms with Gasteiger partial charge in [-0.3, -0.25) is 4.98 Å². The van der Waals surface area contributed by atoms with Crippen molar-refractivity contribution in [2.24, 2.45) is 0 Å². The first-order valence-corrected chi connectivity index (χ1v) is 7.96. The normalized spacial score (nSPS) is 11.9. The van der Waals surface area contributed by atoms with E-state index in [1.54, 1.807) is 24.5 Å². The molecule has 1 atom stereocenters. The van der Waals surface area contributed by atoms with Crippen molar-refractivity contribution in [1.29, 1.82) is 0 Å². The number of aromatic nitrogens is 1. The van der Waals surface area contributed by atoms with Crippen LogP contribution in [0.25, 0.3) is 0 Å². The number of benzene rings is 1. The van der Waals surface area contributed by atoms with Crippen molar-refractivity contribution in [2.45, 2.75) is 18.3 Å². The fourth-order valence-electron chi connectivity index (χ4n) is 2.10. The number of nitrogens with one attached hydrogen (secondary N) is 2. The second-order valence-corrected chi connectivity index (χ2v) is 6.14. The summed E-state index contributed by atoms with van der Waals surface area (Å²) in [6.45, 7) is 0.198. The SMILES string of the molecule is O=C(NCCc1cccnc1)Nc1cc(C(F)(F)F)cc(C(F)(F)P)c1. The van der Waals surface area contributed by atoms with Gasteiger partial charge in [0.1, 0.15) is 0 Å². The smallest absolute Gasteiger partial charge is 0.338 e. The van der Waals surface area contributed by atoms with Gasteiger partial charge in [-0.2, -0.15) is 22.0 Å². The lowest BCUT2D eigenvalue weighted by molar-refractivity contribution is -0.137. The molecule has 4 nitrogen and oxygen atoms in total. The third kappa shape index (κ3) is 5.91. The molecule has 0 radical (unpaired) electrons. The fraction of sp³-hybridized carbons (Fsp3) is 0.250. The summed E-state index contributed by atoms with van der Waals surface area (Å²) >= 11 is 0. The van der Waals surface area contributed by atoms with Crippen molar-refractivity contribution >= 4 is 21.0 Å². The van der Waals surface area contributed by atoms with Crippen LogP contribution in [0.3, 0.4) is 0 Å². The highest BCUT2D eigenvalue weighted by Crippen LogP contribution is 2.40. The number of hydrogen-bond donors (Lipinski definition) is 2. The minimum atomic E-state index is -4.82. The van der Waals surface area contributed by atoms with Gasteiger partial charge in [-0.1, -0.05) is 15.3 Å². The first-order valence-electron chi connectivity index (χ1n) is 7.39. The number of pyridine rings is 1. The van der Waals surface area contributed by atoms with Crippen molar-refractivity contribution < 1.29 is 26.7 Å². The van der Waals surface area contributed by atoms with Crippen LogP contribution in [0.5, 0.6) is 0 Å². The van der Waals surface area contributed by atoms with E-state index in [2.05, 4.69) is 15.6 Å². The van der Waals surface area contributed by atoms with E-state index in [9.17, 15) is 26.7 Å². The van der Waals surface area contributed by atoms with Crippen LogP contribution in [-0.2, 0) is 18.3 Å². The number of amides is 2. The van der Waals surface area contributed by atoms with Crippen molar-refractivity contribution in [3.8, 4) is 0 Å². The Morgan fingerprint density at radius 2 is 1.81 bits per heavy atom. The molecule has 26 heavy (non-hydrogen) atoms. The third-order valence-corrected chi connectivity index (χ3v) is 3.66. The molecule has 0 saturated heterocycles. The van der Waals surface area contributed by atoms with Gasteiger partial charge in [-0.15, -0.1) is 0 Å². The maximum Gasteiger partial charge on any atom is 0.416 e. The van der Waals surface area contributed by atoms with Crippen LogP contribution in [0, 0.1) is 0 Å². The lowest BCUT2D eigenvalue weighted by Crippen LogP contribution is -2.30. The Labute approximate surface area is 148 Å². The van der Waals surface area contributed by atoms with Gasteiger partial charge in [0.2, 0.25) is 0 Å². The molecule has 0 fully saturated rings. The first-order chi connectivity index (χ1) is 12.1. The number of halogens is 5. The zero-order chi connectivity index (χ0) is 19.4. The second-order valence-electron chi connectivity index (χ2n) is 5.41. The zero-order valence-corrected chi connectivity index (χ0v) is 14.4. The Balaban J connectivity index is 2.06. The molecule has 1 heterocycles. The second kappa shape index (κ2) is 7.95. The van der Waals surface area contributed by atoms with Crippen molar-refractivity contribution in [1.82, 2.24) is 10.3 Å². The van der Waals surface area contributed by atoms with Crippen LogP contribution < -0.4 is 10.6 Å². The number of carbonyl (C=O) groups is 1. The molecule has 0 spiro atoms. The predicted octanol–water partition coefficient (Wildman–Crippen LogP) is 4.39. The molecular formula is C16H15F5N3OP. The van der Waals surface area contributed by atoms with E-state index in [0.717, 1.165) is 11.6 Å². The summed E-state index contributed by atoms with van der Waals surface area (Å²) in [6.07, 6.45) is -1.16. The Morgan fingerprint density at radius 1 is 1.12 bits per heavy atom. The molecule has 140 valence electrons. The van der Waals surface area contributed by atoms with Gasteiger partial charge in [0.15, 0.2) is 0 Å². The van der Waals surface area contributed by atoms with E-state index in [1.807, 2.05) is 0 Å². The van der Waals surface area contributed by atoms with E-state index in [4.69, 9.17) is 0 Å². The van der Waals surface area contributed by atoms with Crippen LogP contribution in [-0.4, -0.2) is 17.6 Å². The van der Waals surface area contributed by atoms with E-state index >= 15 is 0 Å². The lowest BCUT2D eigenvalue weighted by Gasteiger charge is -2.16. The molecule has 1 aromatic carbocycles. The summed E-state index contributed by atoms with van der Waals surface area (Å²) in [7, 11) is 1.17. The Bertz CT molecular complexity index is 730. The van der Waals surface area contributed by atoms with Gasteiger partial charge in [-0.25, -0.2) is 4.79 Å². The molecule has 0 saturated carbocycles. The van der Waals surface area contributed by atoms with Crippen LogP contribution in [0.15, 0.2) is 42.7 Å². The molecule has 2 aromatic rings. The molecule has 0 aliphatic heterocycles. The summed E-state index contributed by atoms with van der Waals surface area (Å²) in [5.74, 6) is 0. The van der Waals surface area contributed by atoms with Crippen LogP contribution >= 0.6 is 9.24 Å². The number of nitrogens with zero attached hydrogens (tertiary/aromatic N) is 1.